The molecule has 4 nitrogen and oxygen atoms in total. The highest BCUT2D eigenvalue weighted by Gasteiger charge is 2.09. The Balaban J connectivity index is 2.44. The van der Waals surface area contributed by atoms with E-state index >= 15 is 0 Å². The van der Waals surface area contributed by atoms with Crippen LogP contribution in [0.2, 0.25) is 0 Å². The summed E-state index contributed by atoms with van der Waals surface area (Å²) < 4.78 is 5.10. The van der Waals surface area contributed by atoms with E-state index in [0.29, 0.717) is 18.1 Å². The van der Waals surface area contributed by atoms with Crippen molar-refractivity contribution in [1.29, 1.82) is 0 Å². The second-order valence-corrected chi connectivity index (χ2v) is 4.45. The maximum atomic E-state index is 11.6. The van der Waals surface area contributed by atoms with Crippen molar-refractivity contribution >= 4 is 11.7 Å². The molecule has 0 heterocycles. The lowest BCUT2D eigenvalue weighted by atomic mass is 10.1. The first kappa shape index (κ1) is 13.4. The summed E-state index contributed by atoms with van der Waals surface area (Å²) in [4.78, 5) is 11.6. The van der Waals surface area contributed by atoms with Gasteiger partial charge in [-0.3, -0.25) is 0 Å². The quantitative estimate of drug-likeness (QED) is 0.357. The molecule has 0 aliphatic heterocycles. The minimum atomic E-state index is -0.402. The number of phenols is 1. The van der Waals surface area contributed by atoms with Gasteiger partial charge in [-0.2, -0.15) is 0 Å². The van der Waals surface area contributed by atoms with Gasteiger partial charge in [0.1, 0.15) is 5.75 Å². The van der Waals surface area contributed by atoms with Crippen LogP contribution in [-0.2, 0) is 4.74 Å². The molecule has 0 fully saturated rings. The molecule has 0 saturated heterocycles. The van der Waals surface area contributed by atoms with Crippen LogP contribution >= 0.6 is 0 Å². The number of rotatable bonds is 5. The third-order valence-corrected chi connectivity index (χ3v) is 2.42. The van der Waals surface area contributed by atoms with Crippen molar-refractivity contribution in [3.63, 3.8) is 0 Å². The van der Waals surface area contributed by atoms with Gasteiger partial charge < -0.3 is 15.6 Å². The number of benzene rings is 1. The molecule has 0 saturated carbocycles. The highest BCUT2D eigenvalue weighted by atomic mass is 16.5. The molecule has 4 heteroatoms. The van der Waals surface area contributed by atoms with Crippen molar-refractivity contribution in [3.05, 3.63) is 23.8 Å². The molecular weight excluding hydrogens is 218 g/mol. The maximum absolute atomic E-state index is 11.6. The van der Waals surface area contributed by atoms with Gasteiger partial charge in [0.2, 0.25) is 0 Å². The fourth-order valence-electron chi connectivity index (χ4n) is 1.42. The number of carbonyl (C=O) groups excluding carboxylic acids is 1. The van der Waals surface area contributed by atoms with Crippen molar-refractivity contribution in [3.8, 4) is 5.75 Å². The Labute approximate surface area is 101 Å². The predicted molar refractivity (Wildman–Crippen MR) is 66.9 cm³/mol. The van der Waals surface area contributed by atoms with E-state index in [1.807, 2.05) is 0 Å². The van der Waals surface area contributed by atoms with Crippen molar-refractivity contribution in [1.82, 2.24) is 0 Å². The number of carbonyl (C=O) groups is 1. The van der Waals surface area contributed by atoms with Gasteiger partial charge in [-0.25, -0.2) is 4.79 Å². The maximum Gasteiger partial charge on any atom is 0.338 e. The van der Waals surface area contributed by atoms with E-state index in [1.165, 1.54) is 18.2 Å². The number of nitrogens with two attached hydrogens (primary N) is 1. The Bertz CT molecular complexity index is 388. The molecule has 0 radical (unpaired) electrons. The van der Waals surface area contributed by atoms with Crippen molar-refractivity contribution in [2.45, 2.75) is 26.7 Å². The van der Waals surface area contributed by atoms with Crippen LogP contribution in [0.1, 0.15) is 37.0 Å². The summed E-state index contributed by atoms with van der Waals surface area (Å²) in [6, 6.07) is 4.30. The molecule has 1 aromatic rings. The average Bonchev–Trinajstić information content (AvgIpc) is 2.27. The highest BCUT2D eigenvalue weighted by Crippen LogP contribution is 2.20. The number of ether oxygens (including phenoxy) is 1. The number of phenolic OH excluding ortho intramolecular Hbond substituents is 1. The summed E-state index contributed by atoms with van der Waals surface area (Å²) in [6.45, 7) is 4.67. The fourth-order valence-corrected chi connectivity index (χ4v) is 1.42. The van der Waals surface area contributed by atoms with E-state index in [-0.39, 0.29) is 11.4 Å². The monoisotopic (exact) mass is 237 g/mol. The average molecular weight is 237 g/mol. The van der Waals surface area contributed by atoms with Crippen LogP contribution in [-0.4, -0.2) is 17.7 Å². The minimum absolute atomic E-state index is 0.0265. The van der Waals surface area contributed by atoms with E-state index < -0.39 is 5.97 Å². The first-order valence-corrected chi connectivity index (χ1v) is 5.76. The summed E-state index contributed by atoms with van der Waals surface area (Å²) in [5, 5.41) is 9.22. The number of hydrogen-bond donors (Lipinski definition) is 2. The molecule has 1 rings (SSSR count). The van der Waals surface area contributed by atoms with Gasteiger partial charge in [0.15, 0.2) is 0 Å². The second-order valence-electron chi connectivity index (χ2n) is 4.45. The predicted octanol–water partition coefficient (Wildman–Crippen LogP) is 2.57. The van der Waals surface area contributed by atoms with Crippen LogP contribution in [0.3, 0.4) is 0 Å². The lowest BCUT2D eigenvalue weighted by Crippen LogP contribution is -2.07. The molecule has 1 aromatic carbocycles. The standard InChI is InChI=1S/C13H19NO3/c1-9(2)4-3-7-17-13(16)10-5-6-12(15)11(14)8-10/h5-6,8-9,15H,3-4,7,14H2,1-2H3. The highest BCUT2D eigenvalue weighted by molar-refractivity contribution is 5.90. The summed E-state index contributed by atoms with van der Waals surface area (Å²) in [5.74, 6) is 0.180. The van der Waals surface area contributed by atoms with Crippen molar-refractivity contribution < 1.29 is 14.6 Å². The summed E-state index contributed by atoms with van der Waals surface area (Å²) in [5.41, 5.74) is 6.04. The van der Waals surface area contributed by atoms with Gasteiger partial charge in [-0.1, -0.05) is 13.8 Å². The molecule has 0 atom stereocenters. The zero-order valence-corrected chi connectivity index (χ0v) is 10.3. The number of nitrogen functional groups attached to an aromatic ring is 1. The fraction of sp³-hybridized carbons (Fsp3) is 0.462. The molecule has 0 aliphatic carbocycles. The Morgan fingerprint density at radius 2 is 2.18 bits per heavy atom. The van der Waals surface area contributed by atoms with E-state index in [9.17, 15) is 9.90 Å². The molecular formula is C13H19NO3. The normalized spacial score (nSPS) is 10.5. The molecule has 0 bridgehead atoms. The van der Waals surface area contributed by atoms with Gasteiger partial charge in [-0.15, -0.1) is 0 Å². The third-order valence-electron chi connectivity index (χ3n) is 2.42. The van der Waals surface area contributed by atoms with Gasteiger partial charge in [0.25, 0.3) is 0 Å². The Kier molecular flexibility index (Phi) is 4.82. The zero-order valence-electron chi connectivity index (χ0n) is 10.3. The van der Waals surface area contributed by atoms with Crippen LogP contribution in [0.5, 0.6) is 5.75 Å². The first-order chi connectivity index (χ1) is 8.00. The lowest BCUT2D eigenvalue weighted by Gasteiger charge is -2.07. The van der Waals surface area contributed by atoms with Crippen LogP contribution in [0, 0.1) is 5.92 Å². The number of hydrogen-bond acceptors (Lipinski definition) is 4. The molecule has 0 aliphatic rings. The Morgan fingerprint density at radius 3 is 2.76 bits per heavy atom. The van der Waals surface area contributed by atoms with Crippen molar-refractivity contribution in [2.24, 2.45) is 5.92 Å². The number of esters is 1. The van der Waals surface area contributed by atoms with Gasteiger partial charge >= 0.3 is 5.97 Å². The molecule has 0 aromatic heterocycles. The van der Waals surface area contributed by atoms with Gasteiger partial charge in [-0.05, 0) is 37.0 Å². The van der Waals surface area contributed by atoms with Crippen LogP contribution < -0.4 is 5.73 Å². The van der Waals surface area contributed by atoms with E-state index in [0.717, 1.165) is 12.8 Å². The molecule has 17 heavy (non-hydrogen) atoms. The van der Waals surface area contributed by atoms with Gasteiger partial charge in [0.05, 0.1) is 17.9 Å². The lowest BCUT2D eigenvalue weighted by molar-refractivity contribution is 0.0495. The second kappa shape index (κ2) is 6.13. The van der Waals surface area contributed by atoms with Crippen molar-refractivity contribution in [2.75, 3.05) is 12.3 Å². The van der Waals surface area contributed by atoms with E-state index in [4.69, 9.17) is 10.5 Å². The number of anilines is 1. The summed E-state index contributed by atoms with van der Waals surface area (Å²) in [7, 11) is 0. The molecule has 94 valence electrons. The summed E-state index contributed by atoms with van der Waals surface area (Å²) >= 11 is 0. The SMILES string of the molecule is CC(C)CCCOC(=O)c1ccc(O)c(N)c1. The van der Waals surface area contributed by atoms with Gasteiger partial charge in [0, 0.05) is 0 Å². The third kappa shape index (κ3) is 4.34. The van der Waals surface area contributed by atoms with E-state index in [2.05, 4.69) is 13.8 Å². The molecule has 3 N–H and O–H groups in total. The molecule has 0 unspecified atom stereocenters. The smallest absolute Gasteiger partial charge is 0.338 e. The first-order valence-electron chi connectivity index (χ1n) is 5.76. The van der Waals surface area contributed by atoms with Crippen LogP contribution in [0.15, 0.2) is 18.2 Å². The minimum Gasteiger partial charge on any atom is -0.506 e. The topological polar surface area (TPSA) is 72.5 Å². The largest absolute Gasteiger partial charge is 0.506 e. The van der Waals surface area contributed by atoms with E-state index in [1.54, 1.807) is 0 Å². The zero-order chi connectivity index (χ0) is 12.8. The van der Waals surface area contributed by atoms with Crippen LogP contribution in [0.4, 0.5) is 5.69 Å². The van der Waals surface area contributed by atoms with Crippen LogP contribution in [0.25, 0.3) is 0 Å². The summed E-state index contributed by atoms with van der Waals surface area (Å²) in [6.07, 6.45) is 1.89. The Morgan fingerprint density at radius 1 is 1.47 bits per heavy atom. The Hall–Kier alpha value is -1.71. The molecule has 0 spiro atoms. The molecule has 0 amide bonds. The number of aromatic hydroxyl groups is 1.